The molecule has 0 aliphatic carbocycles. The molecule has 3 rings (SSSR count). The van der Waals surface area contributed by atoms with Crippen LogP contribution in [0.5, 0.6) is 0 Å². The molecule has 1 unspecified atom stereocenters. The van der Waals surface area contributed by atoms with Gasteiger partial charge in [-0.3, -0.25) is 0 Å². The van der Waals surface area contributed by atoms with E-state index < -0.39 is 12.0 Å². The average molecular weight is 373 g/mol. The predicted octanol–water partition coefficient (Wildman–Crippen LogP) is 4.88. The van der Waals surface area contributed by atoms with E-state index >= 15 is 0 Å². The molecule has 4 nitrogen and oxygen atoms in total. The molecule has 3 aromatic rings. The Balaban J connectivity index is 1.73. The highest BCUT2D eigenvalue weighted by atomic mass is 35.5. The molecule has 1 atom stereocenters. The minimum Gasteiger partial charge on any atom is -0.480 e. The molecule has 1 heterocycles. The van der Waals surface area contributed by atoms with Crippen molar-refractivity contribution in [2.45, 2.75) is 19.4 Å². The third-order valence-corrected chi connectivity index (χ3v) is 4.83. The van der Waals surface area contributed by atoms with E-state index in [0.717, 1.165) is 16.8 Å². The maximum absolute atomic E-state index is 11.6. The average Bonchev–Trinajstić information content (AvgIpc) is 3.05. The van der Waals surface area contributed by atoms with E-state index in [1.807, 2.05) is 48.7 Å². The minimum absolute atomic E-state index is 0.353. The number of carboxylic acid groups (broad SMARTS) is 1. The summed E-state index contributed by atoms with van der Waals surface area (Å²) >= 11 is 7.27. The summed E-state index contributed by atoms with van der Waals surface area (Å²) in [6.45, 7) is 2.03. The number of carbonyl (C=O) groups is 1. The Bertz CT molecular complexity index is 860. The van der Waals surface area contributed by atoms with E-state index in [2.05, 4.69) is 10.3 Å². The lowest BCUT2D eigenvalue weighted by Crippen LogP contribution is -2.31. The lowest BCUT2D eigenvalue weighted by atomic mass is 10.1. The van der Waals surface area contributed by atoms with Gasteiger partial charge in [-0.2, -0.15) is 0 Å². The first-order valence-corrected chi connectivity index (χ1v) is 9.03. The standard InChI is InChI=1S/C19H17ClN2O2S/c1-12-2-6-14(7-3-12)17-11-25-19(22-17)21-16(18(23)24)10-13-4-8-15(20)9-5-13/h2-9,11,16H,10H2,1H3,(H,21,22)(H,23,24). The van der Waals surface area contributed by atoms with Gasteiger partial charge in [0.25, 0.3) is 0 Å². The fraction of sp³-hybridized carbons (Fsp3) is 0.158. The molecular formula is C19H17ClN2O2S. The Hall–Kier alpha value is -2.37. The van der Waals surface area contributed by atoms with Crippen molar-refractivity contribution in [3.8, 4) is 11.3 Å². The number of aryl methyl sites for hydroxylation is 1. The fourth-order valence-corrected chi connectivity index (χ4v) is 3.30. The van der Waals surface area contributed by atoms with E-state index in [9.17, 15) is 9.90 Å². The Morgan fingerprint density at radius 2 is 1.88 bits per heavy atom. The van der Waals surface area contributed by atoms with Gasteiger partial charge in [-0.1, -0.05) is 53.6 Å². The maximum Gasteiger partial charge on any atom is 0.326 e. The molecule has 0 aliphatic heterocycles. The predicted molar refractivity (Wildman–Crippen MR) is 102 cm³/mol. The van der Waals surface area contributed by atoms with Crippen LogP contribution in [0.25, 0.3) is 11.3 Å². The van der Waals surface area contributed by atoms with E-state index in [-0.39, 0.29) is 0 Å². The monoisotopic (exact) mass is 372 g/mol. The minimum atomic E-state index is -0.915. The van der Waals surface area contributed by atoms with Crippen LogP contribution in [0.3, 0.4) is 0 Å². The number of aromatic nitrogens is 1. The highest BCUT2D eigenvalue weighted by Gasteiger charge is 2.19. The van der Waals surface area contributed by atoms with Crippen LogP contribution in [-0.4, -0.2) is 22.1 Å². The number of halogens is 1. The van der Waals surface area contributed by atoms with Crippen LogP contribution >= 0.6 is 22.9 Å². The van der Waals surface area contributed by atoms with Crippen molar-refractivity contribution in [1.29, 1.82) is 0 Å². The summed E-state index contributed by atoms with van der Waals surface area (Å²) in [5.41, 5.74) is 3.94. The second kappa shape index (κ2) is 7.68. The van der Waals surface area contributed by atoms with E-state index in [4.69, 9.17) is 11.6 Å². The highest BCUT2D eigenvalue weighted by molar-refractivity contribution is 7.14. The molecule has 0 saturated carbocycles. The number of hydrogen-bond donors (Lipinski definition) is 2. The van der Waals surface area contributed by atoms with E-state index in [1.54, 1.807) is 12.1 Å². The largest absolute Gasteiger partial charge is 0.480 e. The maximum atomic E-state index is 11.6. The SMILES string of the molecule is Cc1ccc(-c2csc(NC(Cc3ccc(Cl)cc3)C(=O)O)n2)cc1. The molecule has 25 heavy (non-hydrogen) atoms. The molecule has 0 spiro atoms. The third-order valence-electron chi connectivity index (χ3n) is 3.80. The van der Waals surface area contributed by atoms with Gasteiger partial charge in [-0.25, -0.2) is 9.78 Å². The van der Waals surface area contributed by atoms with Crippen LogP contribution in [0, 0.1) is 6.92 Å². The molecule has 0 amide bonds. The zero-order valence-electron chi connectivity index (χ0n) is 13.6. The van der Waals surface area contributed by atoms with Crippen LogP contribution in [0.1, 0.15) is 11.1 Å². The summed E-state index contributed by atoms with van der Waals surface area (Å²) in [7, 11) is 0. The molecule has 1 aromatic heterocycles. The number of hydrogen-bond acceptors (Lipinski definition) is 4. The van der Waals surface area contributed by atoms with Crippen molar-refractivity contribution in [2.24, 2.45) is 0 Å². The second-order valence-electron chi connectivity index (χ2n) is 5.77. The summed E-state index contributed by atoms with van der Waals surface area (Å²) in [6, 6.07) is 14.5. The first-order valence-electron chi connectivity index (χ1n) is 7.77. The number of thiazole rings is 1. The second-order valence-corrected chi connectivity index (χ2v) is 7.06. The van der Waals surface area contributed by atoms with E-state index in [0.29, 0.717) is 16.6 Å². The molecule has 0 fully saturated rings. The summed E-state index contributed by atoms with van der Waals surface area (Å²) < 4.78 is 0. The van der Waals surface area contributed by atoms with Gasteiger partial charge in [0.1, 0.15) is 6.04 Å². The first-order chi connectivity index (χ1) is 12.0. The van der Waals surface area contributed by atoms with Crippen LogP contribution in [0.4, 0.5) is 5.13 Å². The van der Waals surface area contributed by atoms with Gasteiger partial charge >= 0.3 is 5.97 Å². The van der Waals surface area contributed by atoms with E-state index in [1.165, 1.54) is 16.9 Å². The molecule has 0 aliphatic rings. The molecular weight excluding hydrogens is 356 g/mol. The van der Waals surface area contributed by atoms with Gasteiger partial charge in [0.05, 0.1) is 5.69 Å². The number of aliphatic carboxylic acids is 1. The molecule has 6 heteroatoms. The van der Waals surface area contributed by atoms with Gasteiger partial charge in [-0.15, -0.1) is 11.3 Å². The Kier molecular flexibility index (Phi) is 5.36. The number of benzene rings is 2. The van der Waals surface area contributed by atoms with Gasteiger partial charge in [0.2, 0.25) is 0 Å². The fourth-order valence-electron chi connectivity index (χ4n) is 2.40. The van der Waals surface area contributed by atoms with Crippen LogP contribution in [-0.2, 0) is 11.2 Å². The molecule has 0 radical (unpaired) electrons. The molecule has 0 saturated heterocycles. The number of carboxylic acids is 1. The number of nitrogens with zero attached hydrogens (tertiary/aromatic N) is 1. The zero-order valence-corrected chi connectivity index (χ0v) is 15.1. The van der Waals surface area contributed by atoms with Crippen molar-refractivity contribution in [2.75, 3.05) is 5.32 Å². The van der Waals surface area contributed by atoms with Crippen molar-refractivity contribution in [1.82, 2.24) is 4.98 Å². The Morgan fingerprint density at radius 1 is 1.20 bits per heavy atom. The van der Waals surface area contributed by atoms with Crippen molar-refractivity contribution in [3.05, 3.63) is 70.1 Å². The summed E-state index contributed by atoms with van der Waals surface area (Å²) in [5.74, 6) is -0.915. The quantitative estimate of drug-likeness (QED) is 0.647. The first kappa shape index (κ1) is 17.5. The molecule has 0 bridgehead atoms. The highest BCUT2D eigenvalue weighted by Crippen LogP contribution is 2.26. The van der Waals surface area contributed by atoms with Crippen LogP contribution < -0.4 is 5.32 Å². The van der Waals surface area contributed by atoms with Crippen LogP contribution in [0.2, 0.25) is 5.02 Å². The molecule has 2 aromatic carbocycles. The smallest absolute Gasteiger partial charge is 0.326 e. The summed E-state index contributed by atoms with van der Waals surface area (Å²) in [4.78, 5) is 16.1. The van der Waals surface area contributed by atoms with Crippen molar-refractivity contribution < 1.29 is 9.90 Å². The number of nitrogens with one attached hydrogen (secondary N) is 1. The Labute approximate surface area is 155 Å². The molecule has 128 valence electrons. The number of rotatable bonds is 6. The lowest BCUT2D eigenvalue weighted by Gasteiger charge is -2.13. The van der Waals surface area contributed by atoms with Crippen LogP contribution in [0.15, 0.2) is 53.9 Å². The third kappa shape index (κ3) is 4.59. The summed E-state index contributed by atoms with van der Waals surface area (Å²) in [6.07, 6.45) is 0.353. The molecule has 2 N–H and O–H groups in total. The van der Waals surface area contributed by atoms with Gasteiger partial charge in [-0.05, 0) is 24.6 Å². The van der Waals surface area contributed by atoms with Gasteiger partial charge < -0.3 is 10.4 Å². The normalized spacial score (nSPS) is 11.9. The number of anilines is 1. The van der Waals surface area contributed by atoms with Gasteiger partial charge in [0, 0.05) is 22.4 Å². The lowest BCUT2D eigenvalue weighted by molar-refractivity contribution is -0.137. The van der Waals surface area contributed by atoms with Crippen molar-refractivity contribution >= 4 is 34.0 Å². The Morgan fingerprint density at radius 3 is 2.52 bits per heavy atom. The zero-order chi connectivity index (χ0) is 17.8. The van der Waals surface area contributed by atoms with Crippen molar-refractivity contribution in [3.63, 3.8) is 0 Å². The summed E-state index contributed by atoms with van der Waals surface area (Å²) in [5, 5.41) is 15.7. The topological polar surface area (TPSA) is 62.2 Å². The van der Waals surface area contributed by atoms with Gasteiger partial charge in [0.15, 0.2) is 5.13 Å².